The Hall–Kier alpha value is -1.74. The number of halogens is 1. The van der Waals surface area contributed by atoms with E-state index in [0.717, 1.165) is 42.4 Å². The van der Waals surface area contributed by atoms with E-state index < -0.39 is 0 Å². The van der Waals surface area contributed by atoms with Crippen LogP contribution in [0.15, 0.2) is 52.1 Å². The van der Waals surface area contributed by atoms with Gasteiger partial charge in [-0.25, -0.2) is 0 Å². The largest absolute Gasteiger partial charge is 0.493 e. The van der Waals surface area contributed by atoms with E-state index in [1.165, 1.54) is 0 Å². The van der Waals surface area contributed by atoms with Gasteiger partial charge in [0.2, 0.25) is 0 Å². The average molecular weight is 499 g/mol. The number of rotatable bonds is 7. The second kappa shape index (κ2) is 10.7. The first-order valence-electron chi connectivity index (χ1n) is 9.41. The third kappa shape index (κ3) is 6.41. The molecule has 0 aliphatic carbocycles. The van der Waals surface area contributed by atoms with Crippen LogP contribution in [0.1, 0.15) is 37.6 Å². The highest BCUT2D eigenvalue weighted by Gasteiger charge is 2.22. The smallest absolute Gasteiger partial charge is 0.191 e. The van der Waals surface area contributed by atoms with Gasteiger partial charge >= 0.3 is 0 Å². The zero-order valence-corrected chi connectivity index (χ0v) is 19.1. The Balaban J connectivity index is 0.00000280. The zero-order valence-electron chi connectivity index (χ0n) is 16.7. The number of guanidine groups is 1. The van der Waals surface area contributed by atoms with Crippen LogP contribution in [-0.2, 0) is 11.2 Å². The molecule has 0 fully saturated rings. The molecule has 28 heavy (non-hydrogen) atoms. The van der Waals surface area contributed by atoms with Gasteiger partial charge in [-0.1, -0.05) is 18.2 Å². The van der Waals surface area contributed by atoms with Gasteiger partial charge in [0.25, 0.3) is 0 Å². The van der Waals surface area contributed by atoms with E-state index in [1.54, 1.807) is 13.4 Å². The minimum absolute atomic E-state index is 0. The third-order valence-corrected chi connectivity index (χ3v) is 4.68. The van der Waals surface area contributed by atoms with Crippen LogP contribution in [0.25, 0.3) is 0 Å². The van der Waals surface area contributed by atoms with Crippen LogP contribution in [0.5, 0.6) is 5.75 Å². The van der Waals surface area contributed by atoms with Gasteiger partial charge < -0.3 is 24.5 Å². The van der Waals surface area contributed by atoms with Crippen molar-refractivity contribution in [3.05, 3.63) is 54.0 Å². The molecule has 6 nitrogen and oxygen atoms in total. The van der Waals surface area contributed by atoms with Crippen molar-refractivity contribution in [1.29, 1.82) is 0 Å². The molecule has 154 valence electrons. The predicted octanol–water partition coefficient (Wildman–Crippen LogP) is 3.92. The first kappa shape index (κ1) is 22.5. The monoisotopic (exact) mass is 499 g/mol. The molecule has 0 saturated heterocycles. The Labute approximate surface area is 184 Å². The summed E-state index contributed by atoms with van der Waals surface area (Å²) in [7, 11) is 1.71. The second-order valence-electron chi connectivity index (χ2n) is 7.26. The Morgan fingerprint density at radius 2 is 2.07 bits per heavy atom. The second-order valence-corrected chi connectivity index (χ2v) is 7.26. The van der Waals surface area contributed by atoms with Crippen molar-refractivity contribution in [2.24, 2.45) is 4.99 Å². The molecule has 1 aliphatic heterocycles. The van der Waals surface area contributed by atoms with Crippen LogP contribution in [0.2, 0.25) is 0 Å². The number of hydrogen-bond acceptors (Lipinski definition) is 4. The van der Waals surface area contributed by atoms with Gasteiger partial charge in [0.05, 0.1) is 31.1 Å². The van der Waals surface area contributed by atoms with Crippen molar-refractivity contribution in [1.82, 2.24) is 10.6 Å². The van der Waals surface area contributed by atoms with Crippen LogP contribution in [0, 0.1) is 0 Å². The fourth-order valence-electron chi connectivity index (χ4n) is 2.90. The molecule has 2 heterocycles. The molecule has 0 saturated carbocycles. The van der Waals surface area contributed by atoms with Crippen LogP contribution in [-0.4, -0.2) is 38.4 Å². The maximum atomic E-state index is 5.76. The summed E-state index contributed by atoms with van der Waals surface area (Å²) in [6.45, 7) is 6.04. The topological polar surface area (TPSA) is 68.0 Å². The number of hydrogen-bond donors (Lipinski definition) is 2. The predicted molar refractivity (Wildman–Crippen MR) is 122 cm³/mol. The standard InChI is InChI=1S/C21H29N3O3.HI/c1-21(2,25-3)15-23-20(22-12-10-16-7-6-13-26-16)24-18-11-14-27-19-9-5-4-8-17(18)19;/h4-9,13,18H,10-12,14-15H2,1-3H3,(H2,22,23,24);1H. The molecule has 2 aromatic rings. The molecular weight excluding hydrogens is 469 g/mol. The van der Waals surface area contributed by atoms with E-state index in [0.29, 0.717) is 13.2 Å². The number of methoxy groups -OCH3 is 1. The molecule has 0 spiro atoms. The summed E-state index contributed by atoms with van der Waals surface area (Å²) in [5.41, 5.74) is 0.846. The van der Waals surface area contributed by atoms with E-state index in [4.69, 9.17) is 18.9 Å². The molecule has 1 aromatic carbocycles. The molecule has 0 radical (unpaired) electrons. The zero-order chi connectivity index (χ0) is 19.1. The first-order chi connectivity index (χ1) is 13.1. The molecule has 7 heteroatoms. The van der Waals surface area contributed by atoms with Gasteiger partial charge in [0, 0.05) is 32.1 Å². The van der Waals surface area contributed by atoms with Crippen LogP contribution < -0.4 is 15.4 Å². The van der Waals surface area contributed by atoms with Gasteiger partial charge in [-0.15, -0.1) is 24.0 Å². The fraction of sp³-hybridized carbons (Fsp3) is 0.476. The van der Waals surface area contributed by atoms with Crippen molar-refractivity contribution in [3.63, 3.8) is 0 Å². The van der Waals surface area contributed by atoms with E-state index in [1.807, 2.05) is 44.2 Å². The quantitative estimate of drug-likeness (QED) is 0.344. The first-order valence-corrected chi connectivity index (χ1v) is 9.41. The molecule has 1 aromatic heterocycles. The number of aliphatic imine (C=N–C) groups is 1. The Morgan fingerprint density at radius 1 is 1.25 bits per heavy atom. The third-order valence-electron chi connectivity index (χ3n) is 4.68. The molecule has 0 bridgehead atoms. The van der Waals surface area contributed by atoms with Crippen molar-refractivity contribution < 1.29 is 13.9 Å². The summed E-state index contributed by atoms with van der Waals surface area (Å²) < 4.78 is 16.7. The number of para-hydroxylation sites is 1. The summed E-state index contributed by atoms with van der Waals surface area (Å²) in [5, 5.41) is 6.98. The van der Waals surface area contributed by atoms with E-state index >= 15 is 0 Å². The number of ether oxygens (including phenoxy) is 2. The lowest BCUT2D eigenvalue weighted by molar-refractivity contribution is 0.0310. The summed E-state index contributed by atoms with van der Waals surface area (Å²) >= 11 is 0. The van der Waals surface area contributed by atoms with Gasteiger partial charge in [-0.05, 0) is 32.0 Å². The van der Waals surface area contributed by atoms with Crippen molar-refractivity contribution in [3.8, 4) is 5.75 Å². The van der Waals surface area contributed by atoms with Crippen LogP contribution in [0.4, 0.5) is 0 Å². The van der Waals surface area contributed by atoms with Crippen molar-refractivity contribution in [2.45, 2.75) is 38.3 Å². The lowest BCUT2D eigenvalue weighted by Crippen LogP contribution is -2.43. The van der Waals surface area contributed by atoms with Gasteiger partial charge in [0.15, 0.2) is 5.96 Å². The summed E-state index contributed by atoms with van der Waals surface area (Å²) in [6.07, 6.45) is 3.39. The Bertz CT molecular complexity index is 747. The lowest BCUT2D eigenvalue weighted by atomic mass is 10.0. The summed E-state index contributed by atoms with van der Waals surface area (Å²) in [6, 6.07) is 12.2. The lowest BCUT2D eigenvalue weighted by Gasteiger charge is -2.28. The summed E-state index contributed by atoms with van der Waals surface area (Å²) in [5.74, 6) is 2.66. The van der Waals surface area contributed by atoms with Gasteiger partial charge in [-0.2, -0.15) is 0 Å². The van der Waals surface area contributed by atoms with E-state index in [2.05, 4.69) is 16.7 Å². The molecule has 2 N–H and O–H groups in total. The van der Waals surface area contributed by atoms with Crippen molar-refractivity contribution >= 4 is 29.9 Å². The minimum Gasteiger partial charge on any atom is -0.493 e. The molecule has 1 atom stereocenters. The molecular formula is C21H30IN3O3. The average Bonchev–Trinajstić information content (AvgIpc) is 3.20. The SMILES string of the molecule is COC(C)(C)CN=C(NCCc1ccco1)NC1CCOc2ccccc21.I. The number of fused-ring (bicyclic) bond motifs is 1. The minimum atomic E-state index is -0.316. The highest BCUT2D eigenvalue weighted by atomic mass is 127. The molecule has 3 rings (SSSR count). The van der Waals surface area contributed by atoms with E-state index in [9.17, 15) is 0 Å². The molecule has 1 unspecified atom stereocenters. The van der Waals surface area contributed by atoms with Crippen LogP contribution in [0.3, 0.4) is 0 Å². The summed E-state index contributed by atoms with van der Waals surface area (Å²) in [4.78, 5) is 4.75. The normalized spacial score (nSPS) is 16.5. The van der Waals surface area contributed by atoms with Gasteiger partial charge in [0.1, 0.15) is 11.5 Å². The maximum Gasteiger partial charge on any atom is 0.191 e. The van der Waals surface area contributed by atoms with Crippen LogP contribution >= 0.6 is 24.0 Å². The van der Waals surface area contributed by atoms with Gasteiger partial charge in [-0.3, -0.25) is 4.99 Å². The van der Waals surface area contributed by atoms with Crippen molar-refractivity contribution in [2.75, 3.05) is 26.8 Å². The fourth-order valence-corrected chi connectivity index (χ4v) is 2.90. The highest BCUT2D eigenvalue weighted by Crippen LogP contribution is 2.31. The number of nitrogens with one attached hydrogen (secondary N) is 2. The van der Waals surface area contributed by atoms with E-state index in [-0.39, 0.29) is 35.6 Å². The number of benzene rings is 1. The Kier molecular flexibility index (Phi) is 8.62. The maximum absolute atomic E-state index is 5.76. The highest BCUT2D eigenvalue weighted by molar-refractivity contribution is 14.0. The number of furan rings is 1. The molecule has 0 amide bonds. The Morgan fingerprint density at radius 3 is 2.82 bits per heavy atom. The number of nitrogens with zero attached hydrogens (tertiary/aromatic N) is 1. The molecule has 1 aliphatic rings.